The molecule has 1 aromatic carbocycles. The maximum Gasteiger partial charge on any atom is 0.163 e. The molecule has 0 radical (unpaired) electrons. The predicted molar refractivity (Wildman–Crippen MR) is 62.6 cm³/mol. The number of phenolic OH excluding ortho intramolecular Hbond substituents is 1. The number of Topliss-reactive ketones (excluding diaryl/α,β-unsaturated/α-hetero) is 1. The number of piperidine rings is 1. The average Bonchev–Trinajstić information content (AvgIpc) is 2.31. The number of aromatic hydroxyl groups is 1. The van der Waals surface area contributed by atoms with E-state index in [0.29, 0.717) is 17.9 Å². The minimum Gasteiger partial charge on any atom is -0.508 e. The van der Waals surface area contributed by atoms with E-state index in [1.807, 2.05) is 0 Å². The van der Waals surface area contributed by atoms with Crippen LogP contribution < -0.4 is 5.32 Å². The Morgan fingerprint density at radius 1 is 1.38 bits per heavy atom. The van der Waals surface area contributed by atoms with Gasteiger partial charge in [0, 0.05) is 12.0 Å². The molecule has 0 spiro atoms. The topological polar surface area (TPSA) is 49.3 Å². The summed E-state index contributed by atoms with van der Waals surface area (Å²) in [6, 6.07) is 6.50. The third-order valence-corrected chi connectivity index (χ3v) is 3.06. The fourth-order valence-electron chi connectivity index (χ4n) is 2.13. The summed E-state index contributed by atoms with van der Waals surface area (Å²) in [6.07, 6.45) is 2.90. The minimum absolute atomic E-state index is 0.175. The molecule has 1 fully saturated rings. The largest absolute Gasteiger partial charge is 0.508 e. The van der Waals surface area contributed by atoms with E-state index >= 15 is 0 Å². The molecule has 2 N–H and O–H groups in total. The van der Waals surface area contributed by atoms with Crippen molar-refractivity contribution in [3.63, 3.8) is 0 Å². The summed E-state index contributed by atoms with van der Waals surface area (Å²) in [4.78, 5) is 11.9. The first-order chi connectivity index (χ1) is 7.75. The SMILES string of the molecule is O=C(CC1CCCNC1)c1ccc(O)cc1. The van der Waals surface area contributed by atoms with Gasteiger partial charge in [0.1, 0.15) is 5.75 Å². The van der Waals surface area contributed by atoms with Gasteiger partial charge < -0.3 is 10.4 Å². The van der Waals surface area contributed by atoms with Gasteiger partial charge in [-0.15, -0.1) is 0 Å². The quantitative estimate of drug-likeness (QED) is 0.764. The van der Waals surface area contributed by atoms with Crippen LogP contribution in [0.1, 0.15) is 29.6 Å². The lowest BCUT2D eigenvalue weighted by Crippen LogP contribution is -2.31. The first-order valence-electron chi connectivity index (χ1n) is 5.78. The van der Waals surface area contributed by atoms with Gasteiger partial charge in [-0.2, -0.15) is 0 Å². The Morgan fingerprint density at radius 2 is 2.12 bits per heavy atom. The number of benzene rings is 1. The van der Waals surface area contributed by atoms with Gasteiger partial charge >= 0.3 is 0 Å². The van der Waals surface area contributed by atoms with Crippen molar-refractivity contribution in [2.75, 3.05) is 13.1 Å². The zero-order valence-corrected chi connectivity index (χ0v) is 9.28. The Hall–Kier alpha value is -1.35. The normalized spacial score (nSPS) is 20.6. The minimum atomic E-state index is 0.175. The van der Waals surface area contributed by atoms with Gasteiger partial charge in [0.25, 0.3) is 0 Å². The highest BCUT2D eigenvalue weighted by molar-refractivity contribution is 5.96. The van der Waals surface area contributed by atoms with E-state index in [0.717, 1.165) is 25.9 Å². The highest BCUT2D eigenvalue weighted by Gasteiger charge is 2.17. The molecule has 16 heavy (non-hydrogen) atoms. The number of nitrogens with one attached hydrogen (secondary N) is 1. The lowest BCUT2D eigenvalue weighted by atomic mass is 9.92. The third kappa shape index (κ3) is 2.83. The molecular formula is C13H17NO2. The molecule has 0 aromatic heterocycles. The van der Waals surface area contributed by atoms with Crippen LogP contribution in [0.25, 0.3) is 0 Å². The highest BCUT2D eigenvalue weighted by Crippen LogP contribution is 2.18. The number of phenols is 1. The summed E-state index contributed by atoms with van der Waals surface area (Å²) in [5.74, 6) is 0.847. The molecule has 1 heterocycles. The monoisotopic (exact) mass is 219 g/mol. The van der Waals surface area contributed by atoms with Crippen LogP contribution in [0, 0.1) is 5.92 Å². The van der Waals surface area contributed by atoms with Gasteiger partial charge in [-0.25, -0.2) is 0 Å². The highest BCUT2D eigenvalue weighted by atomic mass is 16.3. The molecule has 1 aromatic rings. The summed E-state index contributed by atoms with van der Waals surface area (Å²) >= 11 is 0. The number of carbonyl (C=O) groups excluding carboxylic acids is 1. The van der Waals surface area contributed by atoms with Gasteiger partial charge in [0.05, 0.1) is 0 Å². The first-order valence-corrected chi connectivity index (χ1v) is 5.78. The molecular weight excluding hydrogens is 202 g/mol. The van der Waals surface area contributed by atoms with Crippen LogP contribution in [0.4, 0.5) is 0 Å². The second kappa shape index (κ2) is 5.12. The van der Waals surface area contributed by atoms with Crippen molar-refractivity contribution in [3.8, 4) is 5.75 Å². The van der Waals surface area contributed by atoms with Gasteiger partial charge in [-0.05, 0) is 56.1 Å². The van der Waals surface area contributed by atoms with E-state index in [4.69, 9.17) is 5.11 Å². The molecule has 1 saturated heterocycles. The Morgan fingerprint density at radius 3 is 2.75 bits per heavy atom. The van der Waals surface area contributed by atoms with Crippen LogP contribution in [0.2, 0.25) is 0 Å². The molecule has 3 heteroatoms. The van der Waals surface area contributed by atoms with Crippen molar-refractivity contribution in [3.05, 3.63) is 29.8 Å². The molecule has 1 aliphatic heterocycles. The van der Waals surface area contributed by atoms with Crippen molar-refractivity contribution < 1.29 is 9.90 Å². The molecule has 0 saturated carbocycles. The second-order valence-electron chi connectivity index (χ2n) is 4.39. The average molecular weight is 219 g/mol. The Labute approximate surface area is 95.5 Å². The second-order valence-corrected chi connectivity index (χ2v) is 4.39. The zero-order valence-electron chi connectivity index (χ0n) is 9.28. The van der Waals surface area contributed by atoms with E-state index in [9.17, 15) is 4.79 Å². The molecule has 86 valence electrons. The van der Waals surface area contributed by atoms with E-state index in [-0.39, 0.29) is 11.5 Å². The number of hydrogen-bond acceptors (Lipinski definition) is 3. The smallest absolute Gasteiger partial charge is 0.163 e. The standard InChI is InChI=1S/C13H17NO2/c15-12-5-3-11(4-6-12)13(16)8-10-2-1-7-14-9-10/h3-6,10,14-15H,1-2,7-9H2. The predicted octanol–water partition coefficient (Wildman–Crippen LogP) is 1.96. The summed E-state index contributed by atoms with van der Waals surface area (Å²) in [5, 5.41) is 12.4. The fraction of sp³-hybridized carbons (Fsp3) is 0.462. The van der Waals surface area contributed by atoms with Gasteiger partial charge in [0.2, 0.25) is 0 Å². The first kappa shape index (κ1) is 11.1. The lowest BCUT2D eigenvalue weighted by Gasteiger charge is -2.21. The van der Waals surface area contributed by atoms with Crippen LogP contribution >= 0.6 is 0 Å². The summed E-state index contributed by atoms with van der Waals surface area (Å²) in [6.45, 7) is 2.02. The number of rotatable bonds is 3. The molecule has 0 amide bonds. The Balaban J connectivity index is 1.94. The van der Waals surface area contributed by atoms with Crippen LogP contribution in [0.5, 0.6) is 5.75 Å². The van der Waals surface area contributed by atoms with Crippen molar-refractivity contribution in [1.29, 1.82) is 0 Å². The molecule has 0 aliphatic carbocycles. The summed E-state index contributed by atoms with van der Waals surface area (Å²) in [5.41, 5.74) is 0.698. The van der Waals surface area contributed by atoms with E-state index in [1.165, 1.54) is 0 Å². The molecule has 3 nitrogen and oxygen atoms in total. The van der Waals surface area contributed by atoms with Crippen molar-refractivity contribution in [1.82, 2.24) is 5.32 Å². The molecule has 1 atom stereocenters. The van der Waals surface area contributed by atoms with E-state index in [1.54, 1.807) is 24.3 Å². The third-order valence-electron chi connectivity index (χ3n) is 3.06. The lowest BCUT2D eigenvalue weighted by molar-refractivity contribution is 0.0954. The fourth-order valence-corrected chi connectivity index (χ4v) is 2.13. The van der Waals surface area contributed by atoms with Gasteiger partial charge in [-0.1, -0.05) is 0 Å². The molecule has 1 aliphatic rings. The Kier molecular flexibility index (Phi) is 3.57. The van der Waals surface area contributed by atoms with E-state index in [2.05, 4.69) is 5.32 Å². The molecule has 1 unspecified atom stereocenters. The molecule has 0 bridgehead atoms. The van der Waals surface area contributed by atoms with Gasteiger partial charge in [-0.3, -0.25) is 4.79 Å². The molecule has 2 rings (SSSR count). The van der Waals surface area contributed by atoms with Gasteiger partial charge in [0.15, 0.2) is 5.78 Å². The Bertz CT molecular complexity index is 353. The van der Waals surface area contributed by atoms with Crippen molar-refractivity contribution in [2.45, 2.75) is 19.3 Å². The van der Waals surface area contributed by atoms with Crippen LogP contribution in [-0.2, 0) is 0 Å². The maximum atomic E-state index is 11.9. The van der Waals surface area contributed by atoms with Crippen LogP contribution in [0.15, 0.2) is 24.3 Å². The maximum absolute atomic E-state index is 11.9. The summed E-state index contributed by atoms with van der Waals surface area (Å²) in [7, 11) is 0. The number of ketones is 1. The number of carbonyl (C=O) groups is 1. The number of hydrogen-bond donors (Lipinski definition) is 2. The van der Waals surface area contributed by atoms with Crippen molar-refractivity contribution >= 4 is 5.78 Å². The van der Waals surface area contributed by atoms with E-state index < -0.39 is 0 Å². The van der Waals surface area contributed by atoms with Crippen LogP contribution in [0.3, 0.4) is 0 Å². The van der Waals surface area contributed by atoms with Crippen LogP contribution in [-0.4, -0.2) is 24.0 Å². The summed E-state index contributed by atoms with van der Waals surface area (Å²) < 4.78 is 0. The zero-order chi connectivity index (χ0) is 11.4. The van der Waals surface area contributed by atoms with Crippen molar-refractivity contribution in [2.24, 2.45) is 5.92 Å².